The van der Waals surface area contributed by atoms with E-state index in [9.17, 15) is 10.1 Å². The van der Waals surface area contributed by atoms with Gasteiger partial charge in [-0.3, -0.25) is 10.1 Å². The second-order valence-corrected chi connectivity index (χ2v) is 4.81. The van der Waals surface area contributed by atoms with Crippen LogP contribution in [0.3, 0.4) is 0 Å². The average molecular weight is 274 g/mol. The summed E-state index contributed by atoms with van der Waals surface area (Å²) >= 11 is 0. The topological polar surface area (TPSA) is 94.1 Å². The van der Waals surface area contributed by atoms with E-state index < -0.39 is 4.92 Å². The summed E-state index contributed by atoms with van der Waals surface area (Å²) in [5.74, 6) is 0.943. The van der Waals surface area contributed by atoms with Gasteiger partial charge in [0.1, 0.15) is 0 Å². The number of rotatable bonds is 3. The second kappa shape index (κ2) is 5.01. The Hall–Kier alpha value is -2.28. The van der Waals surface area contributed by atoms with Crippen LogP contribution in [0.5, 0.6) is 0 Å². The van der Waals surface area contributed by atoms with Gasteiger partial charge in [-0.25, -0.2) is 0 Å². The van der Waals surface area contributed by atoms with Crippen molar-refractivity contribution in [2.45, 2.75) is 25.8 Å². The molecule has 0 aliphatic carbocycles. The van der Waals surface area contributed by atoms with Crippen molar-refractivity contribution in [1.82, 2.24) is 15.5 Å². The highest BCUT2D eigenvalue weighted by Crippen LogP contribution is 2.30. The van der Waals surface area contributed by atoms with Crippen LogP contribution >= 0.6 is 0 Å². The SMILES string of the molecule is Cc1c(-c2nc(C3CCCN3)no2)cccc1[N+](=O)[O-]. The third kappa shape index (κ3) is 2.16. The maximum absolute atomic E-state index is 10.9. The van der Waals surface area contributed by atoms with Gasteiger partial charge in [0.05, 0.1) is 11.0 Å². The van der Waals surface area contributed by atoms with E-state index >= 15 is 0 Å². The molecule has 2 heterocycles. The molecule has 0 bridgehead atoms. The minimum absolute atomic E-state index is 0.0567. The highest BCUT2D eigenvalue weighted by atomic mass is 16.6. The summed E-state index contributed by atoms with van der Waals surface area (Å²) in [6.45, 7) is 2.63. The lowest BCUT2D eigenvalue weighted by Gasteiger charge is -2.02. The molecular weight excluding hydrogens is 260 g/mol. The van der Waals surface area contributed by atoms with Gasteiger partial charge >= 0.3 is 0 Å². The number of nitrogens with one attached hydrogen (secondary N) is 1. The zero-order valence-electron chi connectivity index (χ0n) is 11.0. The Labute approximate surface area is 115 Å². The van der Waals surface area contributed by atoms with Crippen LogP contribution < -0.4 is 5.32 Å². The molecule has 1 unspecified atom stereocenters. The van der Waals surface area contributed by atoms with Crippen molar-refractivity contribution < 1.29 is 9.45 Å². The molecule has 0 saturated carbocycles. The summed E-state index contributed by atoms with van der Waals surface area (Å²) in [6.07, 6.45) is 2.07. The van der Waals surface area contributed by atoms with Crippen LogP contribution in [0, 0.1) is 17.0 Å². The molecule has 1 saturated heterocycles. The third-order valence-electron chi connectivity index (χ3n) is 3.55. The first-order valence-electron chi connectivity index (χ1n) is 6.48. The molecule has 2 aromatic rings. The van der Waals surface area contributed by atoms with E-state index in [1.165, 1.54) is 6.07 Å². The number of nitrogens with zero attached hydrogens (tertiary/aromatic N) is 3. The lowest BCUT2D eigenvalue weighted by atomic mass is 10.1. The van der Waals surface area contributed by atoms with Gasteiger partial charge in [-0.2, -0.15) is 4.98 Å². The van der Waals surface area contributed by atoms with E-state index in [1.807, 2.05) is 0 Å². The molecule has 1 fully saturated rings. The first-order valence-corrected chi connectivity index (χ1v) is 6.48. The summed E-state index contributed by atoms with van der Waals surface area (Å²) in [7, 11) is 0. The number of nitro benzene ring substituents is 1. The standard InChI is InChI=1S/C13H14N4O3/c1-8-9(4-2-6-11(8)17(18)19)13-15-12(16-20-13)10-5-3-7-14-10/h2,4,6,10,14H,3,5,7H2,1H3. The van der Waals surface area contributed by atoms with Crippen LogP contribution in [0.15, 0.2) is 22.7 Å². The molecule has 1 aromatic carbocycles. The van der Waals surface area contributed by atoms with Crippen molar-refractivity contribution in [2.24, 2.45) is 0 Å². The predicted molar refractivity (Wildman–Crippen MR) is 71.1 cm³/mol. The van der Waals surface area contributed by atoms with Gasteiger partial charge in [0, 0.05) is 17.2 Å². The minimum Gasteiger partial charge on any atom is -0.334 e. The molecule has 20 heavy (non-hydrogen) atoms. The molecule has 7 heteroatoms. The molecule has 0 spiro atoms. The smallest absolute Gasteiger partial charge is 0.273 e. The fourth-order valence-electron chi connectivity index (χ4n) is 2.44. The van der Waals surface area contributed by atoms with Crippen LogP contribution in [0.2, 0.25) is 0 Å². The summed E-state index contributed by atoms with van der Waals surface area (Å²) in [5, 5.41) is 18.2. The van der Waals surface area contributed by atoms with Crippen molar-refractivity contribution in [3.8, 4) is 11.5 Å². The van der Waals surface area contributed by atoms with Crippen molar-refractivity contribution in [3.63, 3.8) is 0 Å². The Bertz CT molecular complexity index is 647. The van der Waals surface area contributed by atoms with Gasteiger partial charge in [-0.15, -0.1) is 0 Å². The summed E-state index contributed by atoms with van der Waals surface area (Å²) in [5.41, 5.74) is 1.20. The molecule has 3 rings (SSSR count). The van der Waals surface area contributed by atoms with E-state index in [1.54, 1.807) is 19.1 Å². The monoisotopic (exact) mass is 274 g/mol. The summed E-state index contributed by atoms with van der Waals surface area (Å²) in [4.78, 5) is 14.9. The van der Waals surface area contributed by atoms with Gasteiger partial charge in [-0.05, 0) is 32.4 Å². The Morgan fingerprint density at radius 1 is 1.50 bits per heavy atom. The largest absolute Gasteiger partial charge is 0.334 e. The third-order valence-corrected chi connectivity index (χ3v) is 3.55. The molecule has 1 atom stereocenters. The zero-order valence-corrected chi connectivity index (χ0v) is 11.0. The van der Waals surface area contributed by atoms with E-state index in [4.69, 9.17) is 4.52 Å². The number of aromatic nitrogens is 2. The van der Waals surface area contributed by atoms with Crippen LogP contribution in [-0.2, 0) is 0 Å². The van der Waals surface area contributed by atoms with Gasteiger partial charge in [0.25, 0.3) is 11.6 Å². The van der Waals surface area contributed by atoms with Crippen molar-refractivity contribution >= 4 is 5.69 Å². The van der Waals surface area contributed by atoms with E-state index in [2.05, 4.69) is 15.5 Å². The summed E-state index contributed by atoms with van der Waals surface area (Å²) in [6, 6.07) is 4.96. The van der Waals surface area contributed by atoms with Crippen LogP contribution in [0.25, 0.3) is 11.5 Å². The highest BCUT2D eigenvalue weighted by Gasteiger charge is 2.24. The van der Waals surface area contributed by atoms with Gasteiger partial charge in [0.2, 0.25) is 0 Å². The zero-order chi connectivity index (χ0) is 14.1. The number of benzene rings is 1. The molecule has 1 aromatic heterocycles. The normalized spacial score (nSPS) is 18.4. The summed E-state index contributed by atoms with van der Waals surface area (Å²) < 4.78 is 5.25. The molecule has 1 N–H and O–H groups in total. The van der Waals surface area contributed by atoms with Crippen molar-refractivity contribution in [2.75, 3.05) is 6.54 Å². The molecule has 0 radical (unpaired) electrons. The molecule has 7 nitrogen and oxygen atoms in total. The Morgan fingerprint density at radius 3 is 3.05 bits per heavy atom. The highest BCUT2D eigenvalue weighted by molar-refractivity contribution is 5.64. The lowest BCUT2D eigenvalue weighted by molar-refractivity contribution is -0.385. The molecule has 104 valence electrons. The van der Waals surface area contributed by atoms with E-state index in [-0.39, 0.29) is 11.7 Å². The molecule has 0 amide bonds. The quantitative estimate of drug-likeness (QED) is 0.682. The maximum atomic E-state index is 10.9. The van der Waals surface area contributed by atoms with Crippen LogP contribution in [-0.4, -0.2) is 21.6 Å². The van der Waals surface area contributed by atoms with E-state index in [0.29, 0.717) is 22.8 Å². The van der Waals surface area contributed by atoms with Gasteiger partial charge in [-0.1, -0.05) is 11.2 Å². The Morgan fingerprint density at radius 2 is 2.35 bits per heavy atom. The number of nitro groups is 1. The maximum Gasteiger partial charge on any atom is 0.273 e. The van der Waals surface area contributed by atoms with Crippen LogP contribution in [0.4, 0.5) is 5.69 Å². The lowest BCUT2D eigenvalue weighted by Crippen LogP contribution is -2.14. The molecular formula is C13H14N4O3. The van der Waals surface area contributed by atoms with Crippen molar-refractivity contribution in [1.29, 1.82) is 0 Å². The number of hydrogen-bond donors (Lipinski definition) is 1. The fraction of sp³-hybridized carbons (Fsp3) is 0.385. The Kier molecular flexibility index (Phi) is 3.19. The predicted octanol–water partition coefficient (Wildman–Crippen LogP) is 2.38. The molecule has 1 aliphatic heterocycles. The Balaban J connectivity index is 1.97. The average Bonchev–Trinajstić information content (AvgIpc) is 3.09. The molecule has 1 aliphatic rings. The fourth-order valence-corrected chi connectivity index (χ4v) is 2.44. The van der Waals surface area contributed by atoms with Crippen LogP contribution in [0.1, 0.15) is 30.3 Å². The number of hydrogen-bond acceptors (Lipinski definition) is 6. The second-order valence-electron chi connectivity index (χ2n) is 4.81. The first kappa shape index (κ1) is 12.7. The van der Waals surface area contributed by atoms with Gasteiger partial charge in [0.15, 0.2) is 5.82 Å². The first-order chi connectivity index (χ1) is 9.66. The van der Waals surface area contributed by atoms with E-state index in [0.717, 1.165) is 19.4 Å². The minimum atomic E-state index is -0.408. The van der Waals surface area contributed by atoms with Crippen molar-refractivity contribution in [3.05, 3.63) is 39.7 Å². The van der Waals surface area contributed by atoms with Gasteiger partial charge < -0.3 is 9.84 Å².